The number of nitrogens with one attached hydrogen (secondary N) is 1. The minimum absolute atomic E-state index is 0.664. The summed E-state index contributed by atoms with van der Waals surface area (Å²) < 4.78 is 7.31. The quantitative estimate of drug-likeness (QED) is 0.837. The topological polar surface area (TPSA) is 52.0 Å². The summed E-state index contributed by atoms with van der Waals surface area (Å²) in [4.78, 5) is 8.48. The highest BCUT2D eigenvalue weighted by Crippen LogP contribution is 2.15. The molecule has 0 saturated carbocycles. The van der Waals surface area contributed by atoms with Crippen LogP contribution in [0.1, 0.15) is 11.4 Å². The zero-order chi connectivity index (χ0) is 12.1. The molecule has 0 aromatic carbocycles. The monoisotopic (exact) mass is 232 g/mol. The van der Waals surface area contributed by atoms with Gasteiger partial charge in [-0.2, -0.15) is 0 Å². The van der Waals surface area contributed by atoms with E-state index in [1.807, 2.05) is 25.4 Å². The minimum atomic E-state index is 0.664. The van der Waals surface area contributed by atoms with Crippen molar-refractivity contribution in [2.24, 2.45) is 0 Å². The molecule has 17 heavy (non-hydrogen) atoms. The molecule has 2 rings (SSSR count). The van der Waals surface area contributed by atoms with Gasteiger partial charge in [-0.15, -0.1) is 0 Å². The smallest absolute Gasteiger partial charge is 0.218 e. The summed E-state index contributed by atoms with van der Waals surface area (Å²) >= 11 is 0. The average Bonchev–Trinajstić information content (AvgIpc) is 2.78. The van der Waals surface area contributed by atoms with Gasteiger partial charge in [0.05, 0.1) is 20.2 Å². The van der Waals surface area contributed by atoms with Gasteiger partial charge in [0.25, 0.3) is 0 Å². The molecule has 0 spiro atoms. The van der Waals surface area contributed by atoms with Gasteiger partial charge in [0, 0.05) is 24.2 Å². The number of nitrogens with zero attached hydrogens (tertiary/aromatic N) is 3. The maximum absolute atomic E-state index is 5.23. The predicted octanol–water partition coefficient (Wildman–Crippen LogP) is 1.05. The van der Waals surface area contributed by atoms with Crippen LogP contribution in [0.5, 0.6) is 5.88 Å². The van der Waals surface area contributed by atoms with Crippen LogP contribution < -0.4 is 10.1 Å². The molecule has 2 aromatic heterocycles. The van der Waals surface area contributed by atoms with Crippen LogP contribution in [0.2, 0.25) is 0 Å². The van der Waals surface area contributed by atoms with Crippen LogP contribution in [-0.4, -0.2) is 28.7 Å². The Hall–Kier alpha value is -1.88. The highest BCUT2D eigenvalue weighted by Gasteiger charge is 2.07. The Kier molecular flexibility index (Phi) is 3.72. The Bertz CT molecular complexity index is 481. The Morgan fingerprint density at radius 2 is 2.24 bits per heavy atom. The summed E-state index contributed by atoms with van der Waals surface area (Å²) in [5, 5.41) is 3.09. The summed E-state index contributed by atoms with van der Waals surface area (Å²) in [6.07, 6.45) is 5.49. The summed E-state index contributed by atoms with van der Waals surface area (Å²) in [6, 6.07) is 3.92. The first-order valence-electron chi connectivity index (χ1n) is 5.47. The lowest BCUT2D eigenvalue weighted by Crippen LogP contribution is -2.13. The van der Waals surface area contributed by atoms with Gasteiger partial charge in [-0.25, -0.2) is 9.97 Å². The summed E-state index contributed by atoms with van der Waals surface area (Å²) in [5.74, 6) is 1.66. The molecule has 0 amide bonds. The number of hydrogen-bond donors (Lipinski definition) is 1. The number of rotatable bonds is 5. The molecule has 5 nitrogen and oxygen atoms in total. The van der Waals surface area contributed by atoms with Crippen molar-refractivity contribution in [1.82, 2.24) is 19.9 Å². The van der Waals surface area contributed by atoms with E-state index in [2.05, 4.69) is 19.9 Å². The van der Waals surface area contributed by atoms with E-state index in [1.165, 1.54) is 0 Å². The van der Waals surface area contributed by atoms with Crippen molar-refractivity contribution in [3.8, 4) is 5.88 Å². The van der Waals surface area contributed by atoms with Crippen LogP contribution in [0.4, 0.5) is 0 Å². The molecule has 0 aliphatic rings. The molecule has 0 radical (unpaired) electrons. The first-order valence-corrected chi connectivity index (χ1v) is 5.47. The van der Waals surface area contributed by atoms with E-state index in [0.29, 0.717) is 12.4 Å². The summed E-state index contributed by atoms with van der Waals surface area (Å²) in [5.41, 5.74) is 1.05. The van der Waals surface area contributed by atoms with E-state index in [9.17, 15) is 0 Å². The SMILES string of the molecule is CNCc1nccn1Cc1cccnc1OC. The number of methoxy groups -OCH3 is 1. The molecule has 0 saturated heterocycles. The van der Waals surface area contributed by atoms with E-state index >= 15 is 0 Å². The number of imidazole rings is 1. The van der Waals surface area contributed by atoms with Gasteiger partial charge >= 0.3 is 0 Å². The van der Waals surface area contributed by atoms with Gasteiger partial charge in [-0.1, -0.05) is 6.07 Å². The Labute approximate surface area is 100 Å². The largest absolute Gasteiger partial charge is 0.481 e. The molecule has 1 N–H and O–H groups in total. The van der Waals surface area contributed by atoms with Gasteiger partial charge < -0.3 is 14.6 Å². The maximum Gasteiger partial charge on any atom is 0.218 e. The fraction of sp³-hybridized carbons (Fsp3) is 0.333. The zero-order valence-corrected chi connectivity index (χ0v) is 10.1. The van der Waals surface area contributed by atoms with E-state index in [4.69, 9.17) is 4.74 Å². The standard InChI is InChI=1S/C12H16N4O/c1-13-8-11-14-6-7-16(11)9-10-4-3-5-15-12(10)17-2/h3-7,13H,8-9H2,1-2H3. The van der Waals surface area contributed by atoms with Gasteiger partial charge in [-0.05, 0) is 13.1 Å². The lowest BCUT2D eigenvalue weighted by Gasteiger charge is -2.10. The minimum Gasteiger partial charge on any atom is -0.481 e. The molecule has 0 bridgehead atoms. The van der Waals surface area contributed by atoms with Crippen molar-refractivity contribution in [2.45, 2.75) is 13.1 Å². The maximum atomic E-state index is 5.23. The normalized spacial score (nSPS) is 10.5. The average molecular weight is 232 g/mol. The third-order valence-electron chi connectivity index (χ3n) is 2.52. The Balaban J connectivity index is 2.22. The number of hydrogen-bond acceptors (Lipinski definition) is 4. The van der Waals surface area contributed by atoms with Crippen LogP contribution in [0.15, 0.2) is 30.7 Å². The van der Waals surface area contributed by atoms with Crippen molar-refractivity contribution >= 4 is 0 Å². The van der Waals surface area contributed by atoms with Gasteiger partial charge in [-0.3, -0.25) is 0 Å². The Morgan fingerprint density at radius 1 is 1.35 bits per heavy atom. The second-order valence-electron chi connectivity index (χ2n) is 3.67. The van der Waals surface area contributed by atoms with E-state index in [-0.39, 0.29) is 0 Å². The number of ether oxygens (including phenoxy) is 1. The molecular formula is C12H16N4O. The lowest BCUT2D eigenvalue weighted by atomic mass is 10.2. The molecule has 2 heterocycles. The van der Waals surface area contributed by atoms with Crippen LogP contribution in [0.3, 0.4) is 0 Å². The molecule has 0 aliphatic carbocycles. The van der Waals surface area contributed by atoms with Crippen molar-refractivity contribution in [3.63, 3.8) is 0 Å². The number of aromatic nitrogens is 3. The fourth-order valence-electron chi connectivity index (χ4n) is 1.72. The second kappa shape index (κ2) is 5.45. The lowest BCUT2D eigenvalue weighted by molar-refractivity contribution is 0.391. The molecule has 0 atom stereocenters. The molecular weight excluding hydrogens is 216 g/mol. The first kappa shape index (κ1) is 11.6. The van der Waals surface area contributed by atoms with E-state index < -0.39 is 0 Å². The van der Waals surface area contributed by atoms with Crippen molar-refractivity contribution < 1.29 is 4.74 Å². The molecule has 2 aromatic rings. The molecule has 0 unspecified atom stereocenters. The van der Waals surface area contributed by atoms with Crippen molar-refractivity contribution in [2.75, 3.05) is 14.2 Å². The van der Waals surface area contributed by atoms with Gasteiger partial charge in [0.1, 0.15) is 5.82 Å². The van der Waals surface area contributed by atoms with Crippen LogP contribution in [-0.2, 0) is 13.1 Å². The highest BCUT2D eigenvalue weighted by molar-refractivity contribution is 5.25. The fourth-order valence-corrected chi connectivity index (χ4v) is 1.72. The molecule has 5 heteroatoms. The summed E-state index contributed by atoms with van der Waals surface area (Å²) in [7, 11) is 3.54. The highest BCUT2D eigenvalue weighted by atomic mass is 16.5. The van der Waals surface area contributed by atoms with Crippen LogP contribution >= 0.6 is 0 Å². The summed E-state index contributed by atoms with van der Waals surface area (Å²) in [6.45, 7) is 1.46. The third kappa shape index (κ3) is 2.62. The van der Waals surface area contributed by atoms with E-state index in [1.54, 1.807) is 19.5 Å². The molecule has 0 aliphatic heterocycles. The molecule has 90 valence electrons. The van der Waals surface area contributed by atoms with Crippen LogP contribution in [0.25, 0.3) is 0 Å². The van der Waals surface area contributed by atoms with Crippen molar-refractivity contribution in [3.05, 3.63) is 42.1 Å². The van der Waals surface area contributed by atoms with Gasteiger partial charge in [0.15, 0.2) is 0 Å². The van der Waals surface area contributed by atoms with Gasteiger partial charge in [0.2, 0.25) is 5.88 Å². The molecule has 0 fully saturated rings. The predicted molar refractivity (Wildman–Crippen MR) is 64.9 cm³/mol. The Morgan fingerprint density at radius 3 is 3.00 bits per heavy atom. The third-order valence-corrected chi connectivity index (χ3v) is 2.52. The van der Waals surface area contributed by atoms with Crippen LogP contribution in [0, 0.1) is 0 Å². The van der Waals surface area contributed by atoms with Crippen molar-refractivity contribution in [1.29, 1.82) is 0 Å². The zero-order valence-electron chi connectivity index (χ0n) is 10.1. The number of pyridine rings is 1. The second-order valence-corrected chi connectivity index (χ2v) is 3.67. The first-order chi connectivity index (χ1) is 8.35. The van der Waals surface area contributed by atoms with E-state index in [0.717, 1.165) is 17.9 Å².